The Bertz CT molecular complexity index is 910. The fourth-order valence-corrected chi connectivity index (χ4v) is 3.16. The van der Waals surface area contributed by atoms with E-state index in [1.165, 1.54) is 29.5 Å². The molecule has 1 aromatic heterocycles. The van der Waals surface area contributed by atoms with Gasteiger partial charge in [-0.05, 0) is 55.8 Å². The van der Waals surface area contributed by atoms with Crippen LogP contribution in [0.3, 0.4) is 0 Å². The largest absolute Gasteiger partial charge is 0.322 e. The van der Waals surface area contributed by atoms with Crippen molar-refractivity contribution in [1.29, 1.82) is 0 Å². The van der Waals surface area contributed by atoms with Gasteiger partial charge >= 0.3 is 0 Å². The molecule has 1 heterocycles. The average molecular weight is 352 g/mol. The van der Waals surface area contributed by atoms with E-state index in [9.17, 15) is 9.18 Å². The third kappa shape index (κ3) is 4.25. The normalized spacial score (nSPS) is 10.5. The van der Waals surface area contributed by atoms with E-state index in [-0.39, 0.29) is 11.7 Å². The molecule has 0 saturated heterocycles. The molecule has 0 radical (unpaired) electrons. The maximum Gasteiger partial charge on any atom is 0.258 e. The number of amides is 1. The molecular weight excluding hydrogens is 335 g/mol. The molecule has 0 aliphatic rings. The zero-order valence-corrected chi connectivity index (χ0v) is 14.7. The predicted octanol–water partition coefficient (Wildman–Crippen LogP) is 5.24. The second-order valence-electron chi connectivity index (χ2n) is 5.68. The van der Waals surface area contributed by atoms with Gasteiger partial charge in [0.1, 0.15) is 10.8 Å². The Hall–Kier alpha value is -2.66. The van der Waals surface area contributed by atoms with E-state index < -0.39 is 0 Å². The van der Waals surface area contributed by atoms with Crippen molar-refractivity contribution >= 4 is 23.4 Å². The number of hydrogen-bond acceptors (Lipinski definition) is 3. The van der Waals surface area contributed by atoms with Gasteiger partial charge in [-0.2, -0.15) is 0 Å². The third-order valence-electron chi connectivity index (χ3n) is 3.70. The molecule has 3 rings (SSSR count). The molecule has 0 bridgehead atoms. The minimum atomic E-state index is -0.388. The average Bonchev–Trinajstić information content (AvgIpc) is 2.60. The SMILES string of the molecule is Cc1ccc(Sc2ncccc2C(=O)Nc2cc(F)ccc2C)cc1. The second kappa shape index (κ2) is 7.49. The number of benzene rings is 2. The molecule has 5 heteroatoms. The summed E-state index contributed by atoms with van der Waals surface area (Å²) in [4.78, 5) is 18.0. The van der Waals surface area contributed by atoms with E-state index in [0.717, 1.165) is 10.5 Å². The quantitative estimate of drug-likeness (QED) is 0.698. The summed E-state index contributed by atoms with van der Waals surface area (Å²) in [5, 5.41) is 3.38. The Labute approximate surface area is 150 Å². The number of nitrogens with zero attached hydrogens (tertiary/aromatic N) is 1. The Morgan fingerprint density at radius 3 is 2.60 bits per heavy atom. The lowest BCUT2D eigenvalue weighted by Crippen LogP contribution is -2.14. The van der Waals surface area contributed by atoms with Crippen LogP contribution >= 0.6 is 11.8 Å². The number of carbonyl (C=O) groups is 1. The fourth-order valence-electron chi connectivity index (χ4n) is 2.28. The van der Waals surface area contributed by atoms with E-state index in [2.05, 4.69) is 10.3 Å². The fraction of sp³-hybridized carbons (Fsp3) is 0.100. The molecule has 0 atom stereocenters. The summed E-state index contributed by atoms with van der Waals surface area (Å²) in [7, 11) is 0. The summed E-state index contributed by atoms with van der Waals surface area (Å²) in [6.45, 7) is 3.84. The number of halogens is 1. The van der Waals surface area contributed by atoms with E-state index in [1.807, 2.05) is 38.1 Å². The van der Waals surface area contributed by atoms with Crippen LogP contribution < -0.4 is 5.32 Å². The van der Waals surface area contributed by atoms with Crippen LogP contribution in [-0.4, -0.2) is 10.9 Å². The first-order valence-electron chi connectivity index (χ1n) is 7.80. The first kappa shape index (κ1) is 17.2. The summed E-state index contributed by atoms with van der Waals surface area (Å²) in [5.41, 5.74) is 2.88. The molecule has 0 fully saturated rings. The molecule has 1 N–H and O–H groups in total. The zero-order chi connectivity index (χ0) is 17.8. The van der Waals surface area contributed by atoms with Crippen LogP contribution in [0.15, 0.2) is 70.7 Å². The van der Waals surface area contributed by atoms with Gasteiger partial charge in [0.15, 0.2) is 0 Å². The maximum absolute atomic E-state index is 13.4. The van der Waals surface area contributed by atoms with Gasteiger partial charge in [-0.1, -0.05) is 35.5 Å². The highest BCUT2D eigenvalue weighted by Crippen LogP contribution is 2.29. The van der Waals surface area contributed by atoms with Crippen molar-refractivity contribution < 1.29 is 9.18 Å². The van der Waals surface area contributed by atoms with Crippen molar-refractivity contribution in [3.8, 4) is 0 Å². The summed E-state index contributed by atoms with van der Waals surface area (Å²) in [5.74, 6) is -0.697. The van der Waals surface area contributed by atoms with Crippen molar-refractivity contribution in [2.75, 3.05) is 5.32 Å². The van der Waals surface area contributed by atoms with Gasteiger partial charge in [-0.25, -0.2) is 9.37 Å². The highest BCUT2D eigenvalue weighted by atomic mass is 32.2. The number of nitrogens with one attached hydrogen (secondary N) is 1. The predicted molar refractivity (Wildman–Crippen MR) is 98.6 cm³/mol. The van der Waals surface area contributed by atoms with E-state index >= 15 is 0 Å². The van der Waals surface area contributed by atoms with Crippen molar-refractivity contribution in [2.45, 2.75) is 23.8 Å². The second-order valence-corrected chi connectivity index (χ2v) is 6.75. The topological polar surface area (TPSA) is 42.0 Å². The van der Waals surface area contributed by atoms with Gasteiger partial charge < -0.3 is 5.32 Å². The molecule has 1 amide bonds. The summed E-state index contributed by atoms with van der Waals surface area (Å²) < 4.78 is 13.4. The van der Waals surface area contributed by atoms with Crippen LogP contribution in [-0.2, 0) is 0 Å². The molecule has 0 unspecified atom stereocenters. The highest BCUT2D eigenvalue weighted by Gasteiger charge is 2.15. The lowest BCUT2D eigenvalue weighted by Gasteiger charge is -2.11. The van der Waals surface area contributed by atoms with Crippen LogP contribution in [0, 0.1) is 19.7 Å². The molecule has 126 valence electrons. The van der Waals surface area contributed by atoms with Crippen molar-refractivity contribution in [3.05, 3.63) is 83.3 Å². The van der Waals surface area contributed by atoms with Crippen molar-refractivity contribution in [1.82, 2.24) is 4.98 Å². The van der Waals surface area contributed by atoms with Crippen molar-refractivity contribution in [3.63, 3.8) is 0 Å². The molecule has 0 spiro atoms. The molecule has 0 aliphatic carbocycles. The number of aryl methyl sites for hydroxylation is 2. The standard InChI is InChI=1S/C20H17FN2OS/c1-13-5-9-16(10-6-13)25-20-17(4-3-11-22-20)19(24)23-18-12-15(21)8-7-14(18)2/h3-12H,1-2H3,(H,23,24). The summed E-state index contributed by atoms with van der Waals surface area (Å²) in [6, 6.07) is 15.8. The molecule has 0 aliphatic heterocycles. The number of hydrogen-bond donors (Lipinski definition) is 1. The highest BCUT2D eigenvalue weighted by molar-refractivity contribution is 7.99. The van der Waals surface area contributed by atoms with Gasteiger partial charge in [-0.15, -0.1) is 0 Å². The molecule has 25 heavy (non-hydrogen) atoms. The lowest BCUT2D eigenvalue weighted by atomic mass is 10.2. The van der Waals surface area contributed by atoms with E-state index in [4.69, 9.17) is 0 Å². The smallest absolute Gasteiger partial charge is 0.258 e. The monoisotopic (exact) mass is 352 g/mol. The zero-order valence-electron chi connectivity index (χ0n) is 13.9. The van der Waals surface area contributed by atoms with Gasteiger partial charge in [0.2, 0.25) is 0 Å². The van der Waals surface area contributed by atoms with Gasteiger partial charge in [0, 0.05) is 16.8 Å². The Morgan fingerprint density at radius 1 is 1.08 bits per heavy atom. The van der Waals surface area contributed by atoms with Crippen LogP contribution in [0.1, 0.15) is 21.5 Å². The number of anilines is 1. The van der Waals surface area contributed by atoms with Crippen LogP contribution in [0.25, 0.3) is 0 Å². The van der Waals surface area contributed by atoms with Crippen LogP contribution in [0.5, 0.6) is 0 Å². The van der Waals surface area contributed by atoms with Gasteiger partial charge in [-0.3, -0.25) is 4.79 Å². The molecule has 0 saturated carbocycles. The van der Waals surface area contributed by atoms with E-state index in [1.54, 1.807) is 24.4 Å². The molecular formula is C20H17FN2OS. The Balaban J connectivity index is 1.85. The Kier molecular flexibility index (Phi) is 5.14. The van der Waals surface area contributed by atoms with Gasteiger partial charge in [0.25, 0.3) is 5.91 Å². The minimum Gasteiger partial charge on any atom is -0.322 e. The minimum absolute atomic E-state index is 0.309. The maximum atomic E-state index is 13.4. The first-order valence-corrected chi connectivity index (χ1v) is 8.61. The summed E-state index contributed by atoms with van der Waals surface area (Å²) in [6.07, 6.45) is 1.65. The van der Waals surface area contributed by atoms with E-state index in [0.29, 0.717) is 16.3 Å². The molecule has 2 aromatic carbocycles. The number of carbonyl (C=O) groups excluding carboxylic acids is 1. The van der Waals surface area contributed by atoms with Gasteiger partial charge in [0.05, 0.1) is 5.56 Å². The Morgan fingerprint density at radius 2 is 1.84 bits per heavy atom. The van der Waals surface area contributed by atoms with Crippen LogP contribution in [0.4, 0.5) is 10.1 Å². The molecule has 3 aromatic rings. The number of rotatable bonds is 4. The number of aromatic nitrogens is 1. The third-order valence-corrected chi connectivity index (χ3v) is 4.73. The van der Waals surface area contributed by atoms with Crippen LogP contribution in [0.2, 0.25) is 0 Å². The molecule has 3 nitrogen and oxygen atoms in total. The number of pyridine rings is 1. The summed E-state index contributed by atoms with van der Waals surface area (Å²) >= 11 is 1.42. The first-order chi connectivity index (χ1) is 12.0. The lowest BCUT2D eigenvalue weighted by molar-refractivity contribution is 0.102. The van der Waals surface area contributed by atoms with Crippen molar-refractivity contribution in [2.24, 2.45) is 0 Å².